The molecule has 106 valence electrons. The molecule has 0 radical (unpaired) electrons. The molecular formula is C17H20ClNO. The van der Waals surface area contributed by atoms with Crippen LogP contribution in [-0.4, -0.2) is 7.11 Å². The SMILES string of the molecule is COc1cc(C)cc(C)c1C(C)(N)c1cccc(Cl)c1. The number of hydrogen-bond acceptors (Lipinski definition) is 2. The van der Waals surface area contributed by atoms with E-state index in [-0.39, 0.29) is 0 Å². The molecule has 2 aromatic carbocycles. The molecule has 0 aliphatic carbocycles. The van der Waals surface area contributed by atoms with E-state index in [4.69, 9.17) is 22.1 Å². The normalized spacial score (nSPS) is 13.9. The van der Waals surface area contributed by atoms with Crippen molar-refractivity contribution >= 4 is 11.6 Å². The maximum Gasteiger partial charge on any atom is 0.124 e. The first-order valence-corrected chi connectivity index (χ1v) is 6.94. The summed E-state index contributed by atoms with van der Waals surface area (Å²) in [5, 5.41) is 0.683. The van der Waals surface area contributed by atoms with Crippen LogP contribution in [0.5, 0.6) is 5.75 Å². The van der Waals surface area contributed by atoms with Gasteiger partial charge in [0, 0.05) is 10.6 Å². The van der Waals surface area contributed by atoms with Crippen molar-refractivity contribution in [1.29, 1.82) is 0 Å². The summed E-state index contributed by atoms with van der Waals surface area (Å²) in [7, 11) is 1.67. The summed E-state index contributed by atoms with van der Waals surface area (Å²) in [6, 6.07) is 11.8. The van der Waals surface area contributed by atoms with Crippen LogP contribution >= 0.6 is 11.6 Å². The molecule has 2 aromatic rings. The minimum atomic E-state index is -0.659. The van der Waals surface area contributed by atoms with Gasteiger partial charge in [-0.2, -0.15) is 0 Å². The lowest BCUT2D eigenvalue weighted by atomic mass is 9.82. The van der Waals surface area contributed by atoms with E-state index in [1.165, 1.54) is 0 Å². The van der Waals surface area contributed by atoms with E-state index in [0.29, 0.717) is 5.02 Å². The van der Waals surface area contributed by atoms with E-state index in [1.54, 1.807) is 7.11 Å². The maximum absolute atomic E-state index is 6.62. The molecule has 1 atom stereocenters. The Morgan fingerprint density at radius 2 is 1.85 bits per heavy atom. The zero-order chi connectivity index (χ0) is 14.9. The van der Waals surface area contributed by atoms with E-state index in [0.717, 1.165) is 28.0 Å². The molecule has 0 aliphatic rings. The van der Waals surface area contributed by atoms with Gasteiger partial charge in [-0.05, 0) is 55.7 Å². The minimum absolute atomic E-state index is 0.659. The lowest BCUT2D eigenvalue weighted by Gasteiger charge is -2.30. The van der Waals surface area contributed by atoms with Crippen molar-refractivity contribution in [2.75, 3.05) is 7.11 Å². The van der Waals surface area contributed by atoms with Crippen LogP contribution in [0.4, 0.5) is 0 Å². The van der Waals surface area contributed by atoms with Gasteiger partial charge in [0.1, 0.15) is 5.75 Å². The number of rotatable bonds is 3. The van der Waals surface area contributed by atoms with Gasteiger partial charge in [0.25, 0.3) is 0 Å². The third-order valence-corrected chi connectivity index (χ3v) is 3.84. The molecule has 0 bridgehead atoms. The van der Waals surface area contributed by atoms with Crippen molar-refractivity contribution < 1.29 is 4.74 Å². The van der Waals surface area contributed by atoms with Crippen molar-refractivity contribution in [3.05, 3.63) is 63.7 Å². The molecular weight excluding hydrogens is 270 g/mol. The number of benzene rings is 2. The Balaban J connectivity index is 2.65. The van der Waals surface area contributed by atoms with Gasteiger partial charge in [-0.1, -0.05) is 29.8 Å². The molecule has 0 aliphatic heterocycles. The fourth-order valence-corrected chi connectivity index (χ4v) is 2.90. The van der Waals surface area contributed by atoms with Gasteiger partial charge >= 0.3 is 0 Å². The van der Waals surface area contributed by atoms with Crippen molar-refractivity contribution in [2.45, 2.75) is 26.3 Å². The van der Waals surface area contributed by atoms with E-state index >= 15 is 0 Å². The van der Waals surface area contributed by atoms with Crippen LogP contribution in [0.1, 0.15) is 29.2 Å². The van der Waals surface area contributed by atoms with Gasteiger partial charge < -0.3 is 10.5 Å². The summed E-state index contributed by atoms with van der Waals surface area (Å²) in [6.45, 7) is 6.09. The van der Waals surface area contributed by atoms with Crippen LogP contribution in [0.15, 0.2) is 36.4 Å². The first-order valence-electron chi connectivity index (χ1n) is 6.57. The van der Waals surface area contributed by atoms with E-state index in [2.05, 4.69) is 13.0 Å². The minimum Gasteiger partial charge on any atom is -0.496 e. The second kappa shape index (κ2) is 5.47. The Kier molecular flexibility index (Phi) is 4.07. The molecule has 2 rings (SSSR count). The van der Waals surface area contributed by atoms with Gasteiger partial charge in [-0.15, -0.1) is 0 Å². The van der Waals surface area contributed by atoms with Crippen LogP contribution in [0.3, 0.4) is 0 Å². The van der Waals surface area contributed by atoms with Crippen LogP contribution < -0.4 is 10.5 Å². The summed E-state index contributed by atoms with van der Waals surface area (Å²) in [6.07, 6.45) is 0. The lowest BCUT2D eigenvalue weighted by Crippen LogP contribution is -2.35. The summed E-state index contributed by atoms with van der Waals surface area (Å²) in [4.78, 5) is 0. The monoisotopic (exact) mass is 289 g/mol. The third kappa shape index (κ3) is 2.67. The van der Waals surface area contributed by atoms with E-state index in [1.807, 2.05) is 44.2 Å². The number of hydrogen-bond donors (Lipinski definition) is 1. The molecule has 0 amide bonds. The molecule has 2 nitrogen and oxygen atoms in total. The average molecular weight is 290 g/mol. The molecule has 0 spiro atoms. The molecule has 0 aromatic heterocycles. The van der Waals surface area contributed by atoms with Gasteiger partial charge in [0.2, 0.25) is 0 Å². The Morgan fingerprint density at radius 3 is 2.45 bits per heavy atom. The zero-order valence-corrected chi connectivity index (χ0v) is 13.1. The predicted octanol–water partition coefficient (Wildman–Crippen LogP) is 4.19. The summed E-state index contributed by atoms with van der Waals surface area (Å²) >= 11 is 6.09. The lowest BCUT2D eigenvalue weighted by molar-refractivity contribution is 0.397. The number of halogens is 1. The number of ether oxygens (including phenoxy) is 1. The van der Waals surface area contributed by atoms with Gasteiger partial charge in [-0.3, -0.25) is 0 Å². The number of aryl methyl sites for hydroxylation is 2. The quantitative estimate of drug-likeness (QED) is 0.919. The van der Waals surface area contributed by atoms with Gasteiger partial charge in [0.05, 0.1) is 12.6 Å². The molecule has 0 fully saturated rings. The molecule has 0 saturated heterocycles. The van der Waals surface area contributed by atoms with Crippen molar-refractivity contribution in [3.63, 3.8) is 0 Å². The second-order valence-electron chi connectivity index (χ2n) is 5.37. The third-order valence-electron chi connectivity index (χ3n) is 3.61. The Labute approximate surface area is 125 Å². The second-order valence-corrected chi connectivity index (χ2v) is 5.81. The average Bonchev–Trinajstić information content (AvgIpc) is 2.37. The summed E-state index contributed by atoms with van der Waals surface area (Å²) in [5.74, 6) is 0.812. The highest BCUT2D eigenvalue weighted by molar-refractivity contribution is 6.30. The van der Waals surface area contributed by atoms with Crippen LogP contribution in [-0.2, 0) is 5.54 Å². The zero-order valence-electron chi connectivity index (χ0n) is 12.3. The van der Waals surface area contributed by atoms with E-state index < -0.39 is 5.54 Å². The molecule has 1 unspecified atom stereocenters. The number of methoxy groups -OCH3 is 1. The molecule has 2 N–H and O–H groups in total. The van der Waals surface area contributed by atoms with E-state index in [9.17, 15) is 0 Å². The Morgan fingerprint density at radius 1 is 1.15 bits per heavy atom. The highest BCUT2D eigenvalue weighted by atomic mass is 35.5. The Bertz CT molecular complexity index is 635. The highest BCUT2D eigenvalue weighted by Gasteiger charge is 2.29. The first kappa shape index (κ1) is 14.9. The standard InChI is InChI=1S/C17H20ClNO/c1-11-8-12(2)16(15(9-11)20-4)17(3,19)13-6-5-7-14(18)10-13/h5-10H,19H2,1-4H3. The summed E-state index contributed by atoms with van der Waals surface area (Å²) < 4.78 is 5.53. The van der Waals surface area contributed by atoms with Crippen LogP contribution in [0.2, 0.25) is 5.02 Å². The molecule has 0 saturated carbocycles. The first-order chi connectivity index (χ1) is 9.36. The maximum atomic E-state index is 6.62. The van der Waals surface area contributed by atoms with Crippen molar-refractivity contribution in [2.24, 2.45) is 5.73 Å². The predicted molar refractivity (Wildman–Crippen MR) is 84.6 cm³/mol. The van der Waals surface area contributed by atoms with Crippen molar-refractivity contribution in [3.8, 4) is 5.75 Å². The number of nitrogens with two attached hydrogens (primary N) is 1. The fourth-order valence-electron chi connectivity index (χ4n) is 2.71. The molecule has 0 heterocycles. The van der Waals surface area contributed by atoms with Crippen LogP contribution in [0.25, 0.3) is 0 Å². The fraction of sp³-hybridized carbons (Fsp3) is 0.294. The summed E-state index contributed by atoms with van der Waals surface area (Å²) in [5.41, 5.74) is 10.2. The van der Waals surface area contributed by atoms with Gasteiger partial charge in [0.15, 0.2) is 0 Å². The highest BCUT2D eigenvalue weighted by Crippen LogP contribution is 2.37. The largest absolute Gasteiger partial charge is 0.496 e. The van der Waals surface area contributed by atoms with Crippen molar-refractivity contribution in [1.82, 2.24) is 0 Å². The Hall–Kier alpha value is -1.51. The van der Waals surface area contributed by atoms with Crippen LogP contribution in [0, 0.1) is 13.8 Å². The van der Waals surface area contributed by atoms with Gasteiger partial charge in [-0.25, -0.2) is 0 Å². The molecule has 3 heteroatoms. The topological polar surface area (TPSA) is 35.2 Å². The molecule has 20 heavy (non-hydrogen) atoms. The smallest absolute Gasteiger partial charge is 0.124 e.